The number of nitrogens with one attached hydrogen (secondary N) is 1. The van der Waals surface area contributed by atoms with Gasteiger partial charge >= 0.3 is 0 Å². The Balaban J connectivity index is 1.58. The zero-order chi connectivity index (χ0) is 24.3. The lowest BCUT2D eigenvalue weighted by Gasteiger charge is -2.32. The van der Waals surface area contributed by atoms with Gasteiger partial charge in [-0.2, -0.15) is 4.31 Å². The minimum atomic E-state index is -3.75. The normalized spacial score (nSPS) is 18.3. The van der Waals surface area contributed by atoms with E-state index in [1.807, 2.05) is 30.3 Å². The number of anilines is 1. The maximum atomic E-state index is 13.1. The van der Waals surface area contributed by atoms with Gasteiger partial charge in [0, 0.05) is 26.2 Å². The van der Waals surface area contributed by atoms with Crippen LogP contribution >= 0.6 is 0 Å². The number of carbonyl (C=O) groups is 2. The van der Waals surface area contributed by atoms with E-state index in [1.54, 1.807) is 6.20 Å². The van der Waals surface area contributed by atoms with Gasteiger partial charge in [-0.05, 0) is 35.4 Å². The summed E-state index contributed by atoms with van der Waals surface area (Å²) in [5.74, 6) is -0.220. The molecule has 0 radical (unpaired) electrons. The number of nitrogens with zero attached hydrogens (tertiary/aromatic N) is 2. The molecular weight excluding hydrogens is 458 g/mol. The molecule has 2 aliphatic heterocycles. The highest BCUT2D eigenvalue weighted by molar-refractivity contribution is 7.89. The Labute approximate surface area is 199 Å². The number of ether oxygens (including phenoxy) is 2. The molecule has 2 aromatic rings. The second-order valence-corrected chi connectivity index (χ2v) is 9.96. The fraction of sp³-hybridized carbons (Fsp3) is 0.333. The van der Waals surface area contributed by atoms with Gasteiger partial charge in [0.2, 0.25) is 21.8 Å². The molecule has 1 fully saturated rings. The van der Waals surface area contributed by atoms with Crippen LogP contribution in [0.2, 0.25) is 0 Å². The van der Waals surface area contributed by atoms with Gasteiger partial charge in [0.05, 0.1) is 43.4 Å². The first kappa shape index (κ1) is 23.9. The quantitative estimate of drug-likeness (QED) is 0.674. The molecule has 2 aromatic carbocycles. The second kappa shape index (κ2) is 9.96. The highest BCUT2D eigenvalue weighted by Crippen LogP contribution is 2.34. The summed E-state index contributed by atoms with van der Waals surface area (Å²) in [6, 6.07) is 11.5. The number of rotatable bonds is 6. The van der Waals surface area contributed by atoms with Crippen LogP contribution in [0.25, 0.3) is 6.08 Å². The highest BCUT2D eigenvalue weighted by atomic mass is 32.2. The number of benzene rings is 2. The molecule has 9 nitrogen and oxygen atoms in total. The highest BCUT2D eigenvalue weighted by Gasteiger charge is 2.30. The third-order valence-corrected chi connectivity index (χ3v) is 7.80. The average Bonchev–Trinajstić information content (AvgIpc) is 2.84. The van der Waals surface area contributed by atoms with Crippen LogP contribution in [-0.4, -0.2) is 62.9 Å². The number of sulfonamides is 1. The maximum Gasteiger partial charge on any atom is 0.243 e. The number of carbonyl (C=O) groups excluding carboxylic acids is 2. The smallest absolute Gasteiger partial charge is 0.243 e. The van der Waals surface area contributed by atoms with E-state index in [0.717, 1.165) is 11.1 Å². The zero-order valence-corrected chi connectivity index (χ0v) is 19.9. The first-order valence-electron chi connectivity index (χ1n) is 10.9. The molecule has 2 heterocycles. The lowest BCUT2D eigenvalue weighted by Crippen LogP contribution is -2.40. The lowest BCUT2D eigenvalue weighted by molar-refractivity contribution is -0.129. The Morgan fingerprint density at radius 3 is 2.59 bits per heavy atom. The van der Waals surface area contributed by atoms with Crippen molar-refractivity contribution in [2.24, 2.45) is 0 Å². The Morgan fingerprint density at radius 2 is 1.88 bits per heavy atom. The van der Waals surface area contributed by atoms with Crippen LogP contribution in [0.1, 0.15) is 30.5 Å². The van der Waals surface area contributed by atoms with E-state index in [2.05, 4.69) is 5.32 Å². The number of hydrogen-bond acceptors (Lipinski definition) is 6. The molecule has 4 rings (SSSR count). The molecule has 2 amide bonds. The van der Waals surface area contributed by atoms with Crippen LogP contribution in [0.15, 0.2) is 53.6 Å². The summed E-state index contributed by atoms with van der Waals surface area (Å²) in [5, 5.41) is 2.78. The van der Waals surface area contributed by atoms with E-state index in [1.165, 1.54) is 41.4 Å². The molecule has 0 bridgehead atoms. The fourth-order valence-corrected chi connectivity index (χ4v) is 5.61. The van der Waals surface area contributed by atoms with E-state index in [-0.39, 0.29) is 41.9 Å². The monoisotopic (exact) mass is 485 g/mol. The van der Waals surface area contributed by atoms with Crippen LogP contribution in [0.3, 0.4) is 0 Å². The molecule has 2 aliphatic rings. The van der Waals surface area contributed by atoms with Gasteiger partial charge in [0.15, 0.2) is 0 Å². The fourth-order valence-electron chi connectivity index (χ4n) is 4.17. The Hall–Kier alpha value is -3.21. The first-order chi connectivity index (χ1) is 16.3. The molecule has 0 saturated carbocycles. The third kappa shape index (κ3) is 4.84. The molecular formula is C24H27N3O6S. The lowest BCUT2D eigenvalue weighted by atomic mass is 9.93. The third-order valence-electron chi connectivity index (χ3n) is 5.90. The van der Waals surface area contributed by atoms with Crippen LogP contribution in [0, 0.1) is 0 Å². The van der Waals surface area contributed by atoms with Crippen molar-refractivity contribution >= 4 is 33.6 Å². The molecule has 10 heteroatoms. The van der Waals surface area contributed by atoms with Crippen molar-refractivity contribution in [2.75, 3.05) is 38.7 Å². The second-order valence-electron chi connectivity index (χ2n) is 8.02. The summed E-state index contributed by atoms with van der Waals surface area (Å²) in [6.07, 6.45) is 3.51. The van der Waals surface area contributed by atoms with Crippen LogP contribution in [-0.2, 0) is 24.3 Å². The van der Waals surface area contributed by atoms with Crippen LogP contribution < -0.4 is 10.1 Å². The van der Waals surface area contributed by atoms with Crippen molar-refractivity contribution in [1.29, 1.82) is 0 Å². The van der Waals surface area contributed by atoms with Gasteiger partial charge in [-0.15, -0.1) is 0 Å². The maximum absolute atomic E-state index is 13.1. The number of fused-ring (bicyclic) bond motifs is 1. The topological polar surface area (TPSA) is 105 Å². The Bertz CT molecular complexity index is 1220. The summed E-state index contributed by atoms with van der Waals surface area (Å²) in [5.41, 5.74) is 2.05. The number of morpholine rings is 1. The van der Waals surface area contributed by atoms with Gasteiger partial charge in [-0.3, -0.25) is 9.59 Å². The van der Waals surface area contributed by atoms with E-state index in [4.69, 9.17) is 9.47 Å². The van der Waals surface area contributed by atoms with Gasteiger partial charge in [-0.25, -0.2) is 8.42 Å². The predicted molar refractivity (Wildman–Crippen MR) is 127 cm³/mol. The Kier molecular flexibility index (Phi) is 7.01. The molecule has 0 unspecified atom stereocenters. The number of methoxy groups -OCH3 is 1. The molecule has 34 heavy (non-hydrogen) atoms. The summed E-state index contributed by atoms with van der Waals surface area (Å²) in [4.78, 5) is 26.9. The van der Waals surface area contributed by atoms with Gasteiger partial charge < -0.3 is 19.7 Å². The summed E-state index contributed by atoms with van der Waals surface area (Å²) in [6.45, 7) is 2.66. The molecule has 1 N–H and O–H groups in total. The van der Waals surface area contributed by atoms with Crippen molar-refractivity contribution < 1.29 is 27.5 Å². The molecule has 1 atom stereocenters. The van der Waals surface area contributed by atoms with Crippen molar-refractivity contribution in [2.45, 2.75) is 24.3 Å². The van der Waals surface area contributed by atoms with Crippen LogP contribution in [0.5, 0.6) is 5.75 Å². The predicted octanol–water partition coefficient (Wildman–Crippen LogP) is 2.62. The Morgan fingerprint density at radius 1 is 1.15 bits per heavy atom. The molecule has 0 aliphatic carbocycles. The van der Waals surface area contributed by atoms with Crippen LogP contribution in [0.4, 0.5) is 5.69 Å². The van der Waals surface area contributed by atoms with Gasteiger partial charge in [0.25, 0.3) is 0 Å². The zero-order valence-electron chi connectivity index (χ0n) is 19.1. The molecule has 1 saturated heterocycles. The summed E-state index contributed by atoms with van der Waals surface area (Å²) >= 11 is 0. The van der Waals surface area contributed by atoms with E-state index in [0.29, 0.717) is 19.0 Å². The summed E-state index contributed by atoms with van der Waals surface area (Å²) < 4.78 is 38.1. The number of amides is 2. The van der Waals surface area contributed by atoms with Crippen molar-refractivity contribution in [1.82, 2.24) is 9.21 Å². The van der Waals surface area contributed by atoms with Gasteiger partial charge in [-0.1, -0.05) is 24.3 Å². The standard InChI is InChI=1S/C24H27N3O6S/c1-17(28)27-10-9-18-5-3-4-6-20(18)22(27)16-24(29)25-21-15-19(7-8-23(21)32-2)34(30,31)26-11-13-33-14-12-26/h3-10,15,22H,11-14,16H2,1-2H3,(H,25,29)/t22-/m1/s1. The SMILES string of the molecule is COc1ccc(S(=O)(=O)N2CCOCC2)cc1NC(=O)C[C@@H]1c2ccccc2C=CN1C(C)=O. The minimum Gasteiger partial charge on any atom is -0.495 e. The summed E-state index contributed by atoms with van der Waals surface area (Å²) in [7, 11) is -2.30. The van der Waals surface area contributed by atoms with Crippen molar-refractivity contribution in [3.63, 3.8) is 0 Å². The number of hydrogen-bond donors (Lipinski definition) is 1. The molecule has 0 spiro atoms. The molecule has 180 valence electrons. The first-order valence-corrected chi connectivity index (χ1v) is 12.4. The minimum absolute atomic E-state index is 0.00940. The van der Waals surface area contributed by atoms with E-state index < -0.39 is 16.1 Å². The molecule has 0 aromatic heterocycles. The van der Waals surface area contributed by atoms with Crippen molar-refractivity contribution in [3.8, 4) is 5.75 Å². The van der Waals surface area contributed by atoms with E-state index in [9.17, 15) is 18.0 Å². The van der Waals surface area contributed by atoms with E-state index >= 15 is 0 Å². The average molecular weight is 486 g/mol. The van der Waals surface area contributed by atoms with Crippen molar-refractivity contribution in [3.05, 3.63) is 59.8 Å². The largest absolute Gasteiger partial charge is 0.495 e. The van der Waals surface area contributed by atoms with Gasteiger partial charge in [0.1, 0.15) is 5.75 Å².